The number of fused-ring (bicyclic) bond motifs is 1. The third kappa shape index (κ3) is 3.98. The van der Waals surface area contributed by atoms with Crippen molar-refractivity contribution in [3.05, 3.63) is 11.3 Å². The van der Waals surface area contributed by atoms with Crippen molar-refractivity contribution in [2.75, 3.05) is 30.4 Å². The summed E-state index contributed by atoms with van der Waals surface area (Å²) < 4.78 is 0. The molecule has 1 unspecified atom stereocenters. The number of nitrogens with zero attached hydrogens (tertiary/aromatic N) is 3. The predicted molar refractivity (Wildman–Crippen MR) is 107 cm³/mol. The molecule has 1 aliphatic heterocycles. The first-order valence-corrected chi connectivity index (χ1v) is 10.9. The Labute approximate surface area is 158 Å². The zero-order valence-corrected chi connectivity index (χ0v) is 16.2. The molecule has 0 radical (unpaired) electrons. The van der Waals surface area contributed by atoms with Gasteiger partial charge in [0, 0.05) is 18.0 Å². The van der Waals surface area contributed by atoms with Crippen LogP contribution in [0.3, 0.4) is 0 Å². The number of anilines is 2. The molecular formula is C21H35N5. The minimum Gasteiger partial charge on any atom is -0.368 e. The third-order valence-electron chi connectivity index (χ3n) is 6.68. The van der Waals surface area contributed by atoms with Crippen molar-refractivity contribution >= 4 is 11.8 Å². The van der Waals surface area contributed by atoms with Gasteiger partial charge in [0.05, 0.1) is 12.4 Å². The largest absolute Gasteiger partial charge is 0.368 e. The SMILES string of the molecule is Nc1nc2c(c(N3CCCCCCNC3)n1)CCCC2C1CCCCC1. The fourth-order valence-electron chi connectivity index (χ4n) is 5.33. The summed E-state index contributed by atoms with van der Waals surface area (Å²) in [6.07, 6.45) is 15.8. The van der Waals surface area contributed by atoms with E-state index in [1.165, 1.54) is 81.9 Å². The molecule has 5 nitrogen and oxygen atoms in total. The highest BCUT2D eigenvalue weighted by Crippen LogP contribution is 2.44. The Kier molecular flexibility index (Phi) is 5.93. The Morgan fingerprint density at radius 3 is 2.58 bits per heavy atom. The smallest absolute Gasteiger partial charge is 0.222 e. The van der Waals surface area contributed by atoms with Crippen LogP contribution in [0.15, 0.2) is 0 Å². The lowest BCUT2D eigenvalue weighted by Gasteiger charge is -2.36. The lowest BCUT2D eigenvalue weighted by molar-refractivity contribution is 0.279. The molecule has 3 N–H and O–H groups in total. The molecule has 0 spiro atoms. The molecule has 0 aromatic carbocycles. The van der Waals surface area contributed by atoms with Crippen molar-refractivity contribution in [1.29, 1.82) is 0 Å². The first-order valence-electron chi connectivity index (χ1n) is 10.9. The summed E-state index contributed by atoms with van der Waals surface area (Å²) >= 11 is 0. The molecule has 2 heterocycles. The lowest BCUT2D eigenvalue weighted by atomic mass is 9.72. The van der Waals surface area contributed by atoms with Crippen molar-refractivity contribution in [2.24, 2.45) is 5.92 Å². The maximum absolute atomic E-state index is 6.21. The summed E-state index contributed by atoms with van der Waals surface area (Å²) in [5, 5.41) is 3.60. The van der Waals surface area contributed by atoms with Gasteiger partial charge in [0.2, 0.25) is 5.95 Å². The Hall–Kier alpha value is -1.36. The van der Waals surface area contributed by atoms with Crippen LogP contribution in [0.1, 0.15) is 87.8 Å². The summed E-state index contributed by atoms with van der Waals surface area (Å²) in [7, 11) is 0. The zero-order chi connectivity index (χ0) is 17.8. The van der Waals surface area contributed by atoms with Crippen LogP contribution < -0.4 is 16.0 Å². The predicted octanol–water partition coefficient (Wildman–Crippen LogP) is 3.99. The molecule has 3 aliphatic rings. The van der Waals surface area contributed by atoms with Crippen LogP contribution in [-0.4, -0.2) is 29.7 Å². The van der Waals surface area contributed by atoms with Gasteiger partial charge in [-0.1, -0.05) is 32.1 Å². The number of nitrogen functional groups attached to an aromatic ring is 1. The van der Waals surface area contributed by atoms with Gasteiger partial charge in [-0.2, -0.15) is 4.98 Å². The van der Waals surface area contributed by atoms with E-state index < -0.39 is 0 Å². The van der Waals surface area contributed by atoms with Crippen molar-refractivity contribution in [3.63, 3.8) is 0 Å². The molecular weight excluding hydrogens is 322 g/mol. The summed E-state index contributed by atoms with van der Waals surface area (Å²) in [6, 6.07) is 0. The number of rotatable bonds is 2. The standard InChI is InChI=1S/C21H35N5/c22-21-24-19-17(16-9-4-3-5-10-16)11-8-12-18(19)20(25-21)26-14-7-2-1-6-13-23-15-26/h16-17,23H,1-15H2,(H2,22,24,25). The van der Waals surface area contributed by atoms with Gasteiger partial charge in [0.1, 0.15) is 5.82 Å². The van der Waals surface area contributed by atoms with Crippen LogP contribution in [0.2, 0.25) is 0 Å². The topological polar surface area (TPSA) is 67.1 Å². The Morgan fingerprint density at radius 2 is 1.69 bits per heavy atom. The molecule has 1 atom stereocenters. The van der Waals surface area contributed by atoms with E-state index in [1.54, 1.807) is 0 Å². The van der Waals surface area contributed by atoms with E-state index in [-0.39, 0.29) is 0 Å². The molecule has 2 aliphatic carbocycles. The van der Waals surface area contributed by atoms with Gasteiger partial charge in [0.25, 0.3) is 0 Å². The van der Waals surface area contributed by atoms with Crippen molar-refractivity contribution in [1.82, 2.24) is 15.3 Å². The van der Waals surface area contributed by atoms with Crippen LogP contribution in [0.25, 0.3) is 0 Å². The molecule has 0 bridgehead atoms. The second kappa shape index (κ2) is 8.55. The number of nitrogens with one attached hydrogen (secondary N) is 1. The minimum absolute atomic E-state index is 0.473. The Morgan fingerprint density at radius 1 is 0.885 bits per heavy atom. The average Bonchev–Trinajstić information content (AvgIpc) is 2.81. The minimum atomic E-state index is 0.473. The van der Waals surface area contributed by atoms with Crippen LogP contribution >= 0.6 is 0 Å². The zero-order valence-electron chi connectivity index (χ0n) is 16.2. The Bertz CT molecular complexity index is 586. The molecule has 1 saturated carbocycles. The molecule has 5 heteroatoms. The maximum atomic E-state index is 6.21. The van der Waals surface area contributed by atoms with Gasteiger partial charge in [-0.15, -0.1) is 0 Å². The van der Waals surface area contributed by atoms with Gasteiger partial charge in [0.15, 0.2) is 0 Å². The average molecular weight is 358 g/mol. The van der Waals surface area contributed by atoms with E-state index in [0.29, 0.717) is 11.9 Å². The van der Waals surface area contributed by atoms with E-state index in [4.69, 9.17) is 15.7 Å². The molecule has 1 saturated heterocycles. The molecule has 2 fully saturated rings. The summed E-state index contributed by atoms with van der Waals surface area (Å²) in [4.78, 5) is 12.0. The van der Waals surface area contributed by atoms with Gasteiger partial charge >= 0.3 is 0 Å². The first-order chi connectivity index (χ1) is 12.8. The molecule has 26 heavy (non-hydrogen) atoms. The van der Waals surface area contributed by atoms with Gasteiger partial charge in [-0.25, -0.2) is 4.98 Å². The summed E-state index contributed by atoms with van der Waals surface area (Å²) in [5.41, 5.74) is 8.91. The number of hydrogen-bond donors (Lipinski definition) is 2. The highest BCUT2D eigenvalue weighted by molar-refractivity contribution is 5.54. The first kappa shape index (κ1) is 18.0. The summed E-state index contributed by atoms with van der Waals surface area (Å²) in [6.45, 7) is 3.06. The maximum Gasteiger partial charge on any atom is 0.222 e. The fourth-order valence-corrected chi connectivity index (χ4v) is 5.33. The quantitative estimate of drug-likeness (QED) is 0.838. The second-order valence-electron chi connectivity index (χ2n) is 8.50. The molecule has 0 amide bonds. The number of hydrogen-bond acceptors (Lipinski definition) is 5. The third-order valence-corrected chi connectivity index (χ3v) is 6.68. The van der Waals surface area contributed by atoms with E-state index in [2.05, 4.69) is 10.2 Å². The fraction of sp³-hybridized carbons (Fsp3) is 0.810. The van der Waals surface area contributed by atoms with Crippen molar-refractivity contribution < 1.29 is 0 Å². The Balaban J connectivity index is 1.64. The van der Waals surface area contributed by atoms with E-state index >= 15 is 0 Å². The normalized spacial score (nSPS) is 25.8. The molecule has 1 aromatic heterocycles. The highest BCUT2D eigenvalue weighted by atomic mass is 15.3. The van der Waals surface area contributed by atoms with E-state index in [0.717, 1.165) is 37.9 Å². The van der Waals surface area contributed by atoms with E-state index in [1.807, 2.05) is 0 Å². The van der Waals surface area contributed by atoms with Crippen molar-refractivity contribution in [3.8, 4) is 0 Å². The van der Waals surface area contributed by atoms with Crippen LogP contribution in [-0.2, 0) is 6.42 Å². The van der Waals surface area contributed by atoms with Crippen LogP contribution in [0.5, 0.6) is 0 Å². The number of aromatic nitrogens is 2. The molecule has 144 valence electrons. The molecule has 1 aromatic rings. The molecule has 4 rings (SSSR count). The van der Waals surface area contributed by atoms with Crippen LogP contribution in [0, 0.1) is 5.92 Å². The lowest BCUT2D eigenvalue weighted by Crippen LogP contribution is -2.37. The second-order valence-corrected chi connectivity index (χ2v) is 8.50. The number of nitrogens with two attached hydrogens (primary N) is 1. The van der Waals surface area contributed by atoms with Gasteiger partial charge in [-0.3, -0.25) is 5.32 Å². The van der Waals surface area contributed by atoms with Crippen LogP contribution in [0.4, 0.5) is 11.8 Å². The summed E-state index contributed by atoms with van der Waals surface area (Å²) in [5.74, 6) is 3.01. The van der Waals surface area contributed by atoms with Gasteiger partial charge in [-0.05, 0) is 57.4 Å². The van der Waals surface area contributed by atoms with Gasteiger partial charge < -0.3 is 10.6 Å². The van der Waals surface area contributed by atoms with Crippen molar-refractivity contribution in [2.45, 2.75) is 83.0 Å². The van der Waals surface area contributed by atoms with E-state index in [9.17, 15) is 0 Å². The highest BCUT2D eigenvalue weighted by Gasteiger charge is 2.33. The monoisotopic (exact) mass is 357 g/mol.